The van der Waals surface area contributed by atoms with E-state index < -0.39 is 24.5 Å². The summed E-state index contributed by atoms with van der Waals surface area (Å²) in [5, 5.41) is 2.62. The van der Waals surface area contributed by atoms with E-state index in [4.69, 9.17) is 9.47 Å². The zero-order valence-corrected chi connectivity index (χ0v) is 17.9. The molecule has 0 aliphatic carbocycles. The minimum Gasteiger partial charge on any atom is -0.482 e. The van der Waals surface area contributed by atoms with Gasteiger partial charge < -0.3 is 14.8 Å². The van der Waals surface area contributed by atoms with E-state index in [0.29, 0.717) is 18.1 Å². The van der Waals surface area contributed by atoms with Crippen molar-refractivity contribution in [3.63, 3.8) is 0 Å². The van der Waals surface area contributed by atoms with Gasteiger partial charge >= 0.3 is 5.97 Å². The lowest BCUT2D eigenvalue weighted by atomic mass is 10.0. The fraction of sp³-hybridized carbons (Fsp3) is 0.375. The number of ether oxygens (including phenoxy) is 2. The number of carbonyl (C=O) groups is 3. The van der Waals surface area contributed by atoms with Crippen molar-refractivity contribution in [1.29, 1.82) is 0 Å². The number of carbonyl (C=O) groups excluding carboxylic acids is 3. The van der Waals surface area contributed by atoms with E-state index in [1.54, 1.807) is 0 Å². The van der Waals surface area contributed by atoms with E-state index in [2.05, 4.69) is 19.2 Å². The minimum atomic E-state index is -0.670. The highest BCUT2D eigenvalue weighted by atomic mass is 16.6. The number of hydrogen-bond acceptors (Lipinski definition) is 5. The van der Waals surface area contributed by atoms with Crippen molar-refractivity contribution in [3.05, 3.63) is 65.2 Å². The summed E-state index contributed by atoms with van der Waals surface area (Å²) in [7, 11) is 0. The van der Waals surface area contributed by atoms with Gasteiger partial charge in [-0.25, -0.2) is 4.79 Å². The molecule has 0 radical (unpaired) electrons. The van der Waals surface area contributed by atoms with Gasteiger partial charge in [-0.3, -0.25) is 9.59 Å². The number of esters is 1. The summed E-state index contributed by atoms with van der Waals surface area (Å²) in [6, 6.07) is 14.6. The fourth-order valence-electron chi connectivity index (χ4n) is 2.84. The zero-order chi connectivity index (χ0) is 22.1. The van der Waals surface area contributed by atoms with Crippen LogP contribution >= 0.6 is 0 Å². The molecule has 2 rings (SSSR count). The van der Waals surface area contributed by atoms with Crippen LogP contribution in [0.15, 0.2) is 48.5 Å². The highest BCUT2D eigenvalue weighted by Gasteiger charge is 2.19. The summed E-state index contributed by atoms with van der Waals surface area (Å²) in [4.78, 5) is 35.9. The average Bonchev–Trinajstić information content (AvgIpc) is 2.71. The predicted molar refractivity (Wildman–Crippen MR) is 114 cm³/mol. The maximum Gasteiger partial charge on any atom is 0.344 e. The lowest BCUT2D eigenvalue weighted by Crippen LogP contribution is -2.43. The molecule has 0 unspecified atom stereocenters. The molecule has 1 amide bonds. The number of Topliss-reactive ketones (excluding diaryl/α,β-unsaturated/α-hetero) is 1. The largest absolute Gasteiger partial charge is 0.482 e. The van der Waals surface area contributed by atoms with Crippen molar-refractivity contribution in [2.24, 2.45) is 0 Å². The Morgan fingerprint density at radius 2 is 1.70 bits per heavy atom. The molecule has 0 aliphatic rings. The molecule has 0 bridgehead atoms. The number of rotatable bonds is 10. The number of amides is 1. The van der Waals surface area contributed by atoms with Crippen LogP contribution in [0.3, 0.4) is 0 Å². The van der Waals surface area contributed by atoms with Crippen LogP contribution in [0.25, 0.3) is 0 Å². The number of benzene rings is 2. The number of hydrogen-bond donors (Lipinski definition) is 1. The summed E-state index contributed by atoms with van der Waals surface area (Å²) in [6.07, 6.45) is 0.379. The molecular formula is C24H29NO5. The molecule has 0 saturated carbocycles. The Balaban J connectivity index is 1.81. The molecule has 0 spiro atoms. The summed E-state index contributed by atoms with van der Waals surface area (Å²) in [5.41, 5.74) is 2.95. The second-order valence-corrected chi connectivity index (χ2v) is 7.55. The first kappa shape index (κ1) is 23.1. The van der Waals surface area contributed by atoms with E-state index in [0.717, 1.165) is 16.7 Å². The van der Waals surface area contributed by atoms with Crippen LogP contribution in [0.2, 0.25) is 0 Å². The Morgan fingerprint density at radius 3 is 2.33 bits per heavy atom. The van der Waals surface area contributed by atoms with Gasteiger partial charge in [-0.05, 0) is 48.9 Å². The second-order valence-electron chi connectivity index (χ2n) is 7.55. The Morgan fingerprint density at radius 1 is 1.00 bits per heavy atom. The number of aryl methyl sites for hydroxylation is 1. The standard InChI is InChI=1S/C24H29NO5/c1-16(2)20-11-10-17(3)22(13-20)29-15-24(28)30-14-23(27)25-21(18(4)26)12-19-8-6-5-7-9-19/h5-11,13,16,21H,12,14-15H2,1-4H3,(H,25,27)/t21-/m1/s1. The lowest BCUT2D eigenvalue weighted by Gasteiger charge is -2.16. The first-order chi connectivity index (χ1) is 14.3. The molecule has 0 heterocycles. The van der Waals surface area contributed by atoms with E-state index in [9.17, 15) is 14.4 Å². The normalized spacial score (nSPS) is 11.6. The molecule has 0 fully saturated rings. The summed E-state index contributed by atoms with van der Waals surface area (Å²) < 4.78 is 10.5. The summed E-state index contributed by atoms with van der Waals surface area (Å²) in [5.74, 6) is -0.391. The van der Waals surface area contributed by atoms with E-state index in [-0.39, 0.29) is 12.4 Å². The van der Waals surface area contributed by atoms with Gasteiger partial charge in [0.1, 0.15) is 5.75 Å². The highest BCUT2D eigenvalue weighted by molar-refractivity contribution is 5.88. The first-order valence-electron chi connectivity index (χ1n) is 9.99. The number of nitrogens with one attached hydrogen (secondary N) is 1. The van der Waals surface area contributed by atoms with Crippen LogP contribution in [0.4, 0.5) is 0 Å². The van der Waals surface area contributed by atoms with E-state index in [1.807, 2.05) is 55.5 Å². The summed E-state index contributed by atoms with van der Waals surface area (Å²) >= 11 is 0. The monoisotopic (exact) mass is 411 g/mol. The SMILES string of the molecule is CC(=O)[C@@H](Cc1ccccc1)NC(=O)COC(=O)COc1cc(C(C)C)ccc1C. The highest BCUT2D eigenvalue weighted by Crippen LogP contribution is 2.24. The van der Waals surface area contributed by atoms with Crippen molar-refractivity contribution in [2.75, 3.05) is 13.2 Å². The Labute approximate surface area is 177 Å². The molecule has 6 heteroatoms. The third-order valence-corrected chi connectivity index (χ3v) is 4.70. The second kappa shape index (κ2) is 11.1. The van der Waals surface area contributed by atoms with Crippen molar-refractivity contribution < 1.29 is 23.9 Å². The molecule has 2 aromatic carbocycles. The molecular weight excluding hydrogens is 382 g/mol. The van der Waals surface area contributed by atoms with Gasteiger partial charge in [0.05, 0.1) is 6.04 Å². The Hall–Kier alpha value is -3.15. The van der Waals surface area contributed by atoms with Crippen LogP contribution in [0, 0.1) is 6.92 Å². The maximum absolute atomic E-state index is 12.1. The average molecular weight is 411 g/mol. The molecule has 0 saturated heterocycles. The van der Waals surface area contributed by atoms with Gasteiger partial charge in [0, 0.05) is 0 Å². The van der Waals surface area contributed by atoms with Gasteiger partial charge in [0.15, 0.2) is 19.0 Å². The molecule has 160 valence electrons. The van der Waals surface area contributed by atoms with Crippen molar-refractivity contribution in [3.8, 4) is 5.75 Å². The van der Waals surface area contributed by atoms with Crippen LogP contribution in [-0.4, -0.2) is 36.9 Å². The van der Waals surface area contributed by atoms with Crippen LogP contribution < -0.4 is 10.1 Å². The van der Waals surface area contributed by atoms with Gasteiger partial charge in [0.25, 0.3) is 5.91 Å². The van der Waals surface area contributed by atoms with Gasteiger partial charge in [-0.2, -0.15) is 0 Å². The van der Waals surface area contributed by atoms with Gasteiger partial charge in [-0.15, -0.1) is 0 Å². The first-order valence-corrected chi connectivity index (χ1v) is 9.99. The van der Waals surface area contributed by atoms with Crippen LogP contribution in [0.1, 0.15) is 43.4 Å². The quantitative estimate of drug-likeness (QED) is 0.607. The van der Waals surface area contributed by atoms with Crippen molar-refractivity contribution in [1.82, 2.24) is 5.32 Å². The third kappa shape index (κ3) is 7.35. The topological polar surface area (TPSA) is 81.7 Å². The Bertz CT molecular complexity index is 876. The smallest absolute Gasteiger partial charge is 0.344 e. The molecule has 0 aromatic heterocycles. The fourth-order valence-corrected chi connectivity index (χ4v) is 2.84. The Kier molecular flexibility index (Phi) is 8.59. The molecule has 0 aliphatic heterocycles. The van der Waals surface area contributed by atoms with E-state index >= 15 is 0 Å². The van der Waals surface area contributed by atoms with Crippen LogP contribution in [-0.2, 0) is 25.5 Å². The molecule has 2 aromatic rings. The van der Waals surface area contributed by atoms with Gasteiger partial charge in [-0.1, -0.05) is 56.3 Å². The molecule has 30 heavy (non-hydrogen) atoms. The van der Waals surface area contributed by atoms with Crippen molar-refractivity contribution >= 4 is 17.7 Å². The minimum absolute atomic E-state index is 0.164. The van der Waals surface area contributed by atoms with Gasteiger partial charge in [0.2, 0.25) is 0 Å². The third-order valence-electron chi connectivity index (χ3n) is 4.70. The predicted octanol–water partition coefficient (Wildman–Crippen LogP) is 3.36. The van der Waals surface area contributed by atoms with E-state index in [1.165, 1.54) is 6.92 Å². The maximum atomic E-state index is 12.1. The molecule has 6 nitrogen and oxygen atoms in total. The summed E-state index contributed by atoms with van der Waals surface area (Å²) in [6.45, 7) is 6.71. The zero-order valence-electron chi connectivity index (χ0n) is 17.9. The number of ketones is 1. The molecule has 1 N–H and O–H groups in total. The molecule has 1 atom stereocenters. The van der Waals surface area contributed by atoms with Crippen molar-refractivity contribution in [2.45, 2.75) is 46.1 Å². The lowest BCUT2D eigenvalue weighted by molar-refractivity contribution is -0.150. The van der Waals surface area contributed by atoms with Crippen LogP contribution in [0.5, 0.6) is 5.75 Å².